The smallest absolute Gasteiger partial charge is 0.238 e. The van der Waals surface area contributed by atoms with Crippen LogP contribution in [-0.4, -0.2) is 25.8 Å². The van der Waals surface area contributed by atoms with Gasteiger partial charge in [-0.1, -0.05) is 0 Å². The molecule has 1 aliphatic heterocycles. The summed E-state index contributed by atoms with van der Waals surface area (Å²) in [4.78, 5) is 0. The van der Waals surface area contributed by atoms with E-state index in [0.717, 1.165) is 3.57 Å². The maximum absolute atomic E-state index is 12.3. The van der Waals surface area contributed by atoms with Crippen LogP contribution in [0.3, 0.4) is 0 Å². The van der Waals surface area contributed by atoms with Gasteiger partial charge in [-0.3, -0.25) is 15.6 Å². The number of sulfonamides is 1. The average Bonchev–Trinajstić information content (AvgIpc) is 2.62. The van der Waals surface area contributed by atoms with Crippen molar-refractivity contribution in [2.45, 2.75) is 31.2 Å². The van der Waals surface area contributed by atoms with Gasteiger partial charge in [0.1, 0.15) is 5.25 Å². The van der Waals surface area contributed by atoms with Gasteiger partial charge in [0, 0.05) is 21.3 Å². The number of nitrogens with one attached hydrogen (secondary N) is 3. The van der Waals surface area contributed by atoms with E-state index < -0.39 is 15.3 Å². The minimum Gasteiger partial charge on any atom is -0.283 e. The molecule has 2 rings (SSSR count). The Kier molecular flexibility index (Phi) is 4.15. The van der Waals surface area contributed by atoms with Crippen LogP contribution >= 0.6 is 22.6 Å². The number of benzene rings is 1. The minimum atomic E-state index is -3.40. The highest BCUT2D eigenvalue weighted by Crippen LogP contribution is 2.19. The summed E-state index contributed by atoms with van der Waals surface area (Å²) in [6.45, 7) is 3.71. The van der Waals surface area contributed by atoms with Crippen molar-refractivity contribution in [1.29, 1.82) is 0 Å². The summed E-state index contributed by atoms with van der Waals surface area (Å²) in [6, 6.07) is 7.03. The molecule has 0 radical (unpaired) electrons. The molecule has 18 heavy (non-hydrogen) atoms. The van der Waals surface area contributed by atoms with Gasteiger partial charge < -0.3 is 0 Å². The van der Waals surface area contributed by atoms with Crippen LogP contribution in [0, 0.1) is 3.57 Å². The van der Waals surface area contributed by atoms with Crippen LogP contribution in [0.1, 0.15) is 13.8 Å². The van der Waals surface area contributed by atoms with Crippen molar-refractivity contribution in [3.63, 3.8) is 0 Å². The van der Waals surface area contributed by atoms with Crippen molar-refractivity contribution in [2.24, 2.45) is 0 Å². The highest BCUT2D eigenvalue weighted by atomic mass is 127. The van der Waals surface area contributed by atoms with E-state index in [9.17, 15) is 8.42 Å². The molecule has 1 aromatic rings. The molecule has 1 heterocycles. The number of anilines is 1. The van der Waals surface area contributed by atoms with Gasteiger partial charge in [0.15, 0.2) is 0 Å². The third-order valence-corrected chi connectivity index (χ3v) is 5.76. The van der Waals surface area contributed by atoms with Crippen molar-refractivity contribution < 1.29 is 8.42 Å². The molecular formula is C11H16IN3O2S. The van der Waals surface area contributed by atoms with Crippen LogP contribution in [0.25, 0.3) is 0 Å². The normalized spacial score (nSPS) is 28.3. The summed E-state index contributed by atoms with van der Waals surface area (Å²) in [5.74, 6) is 0. The number of hydrazine groups is 1. The van der Waals surface area contributed by atoms with E-state index in [0.29, 0.717) is 5.69 Å². The first kappa shape index (κ1) is 14.0. The second-order valence-electron chi connectivity index (χ2n) is 4.48. The lowest BCUT2D eigenvalue weighted by Gasteiger charge is -2.19. The zero-order valence-electron chi connectivity index (χ0n) is 10.1. The van der Waals surface area contributed by atoms with Gasteiger partial charge in [0.2, 0.25) is 10.0 Å². The number of hydrogen-bond acceptors (Lipinski definition) is 4. The molecule has 1 fully saturated rings. The first-order valence-corrected chi connectivity index (χ1v) is 8.31. The molecule has 3 N–H and O–H groups in total. The molecule has 2 unspecified atom stereocenters. The molecule has 1 saturated heterocycles. The molecule has 0 amide bonds. The molecule has 2 atom stereocenters. The Morgan fingerprint density at radius 1 is 1.11 bits per heavy atom. The molecule has 7 heteroatoms. The summed E-state index contributed by atoms with van der Waals surface area (Å²) >= 11 is 2.18. The summed E-state index contributed by atoms with van der Waals surface area (Å²) in [5, 5.41) is -0.489. The van der Waals surface area contributed by atoms with Crippen molar-refractivity contribution in [2.75, 3.05) is 4.72 Å². The van der Waals surface area contributed by atoms with Gasteiger partial charge >= 0.3 is 0 Å². The maximum Gasteiger partial charge on any atom is 0.238 e. The third kappa shape index (κ3) is 2.95. The lowest BCUT2D eigenvalue weighted by Crippen LogP contribution is -2.41. The van der Waals surface area contributed by atoms with Crippen LogP contribution in [0.5, 0.6) is 0 Å². The van der Waals surface area contributed by atoms with Gasteiger partial charge in [0.05, 0.1) is 0 Å². The van der Waals surface area contributed by atoms with E-state index in [1.54, 1.807) is 12.1 Å². The highest BCUT2D eigenvalue weighted by molar-refractivity contribution is 14.1. The maximum atomic E-state index is 12.3. The van der Waals surface area contributed by atoms with Gasteiger partial charge in [-0.05, 0) is 60.7 Å². The van der Waals surface area contributed by atoms with Crippen LogP contribution in [0.2, 0.25) is 0 Å². The third-order valence-electron chi connectivity index (χ3n) is 2.99. The fourth-order valence-electron chi connectivity index (χ4n) is 2.15. The second-order valence-corrected chi connectivity index (χ2v) is 7.57. The molecule has 0 bridgehead atoms. The van der Waals surface area contributed by atoms with Crippen LogP contribution in [-0.2, 0) is 10.0 Å². The van der Waals surface area contributed by atoms with Gasteiger partial charge in [-0.2, -0.15) is 0 Å². The van der Waals surface area contributed by atoms with E-state index in [1.165, 1.54) is 0 Å². The first-order chi connectivity index (χ1) is 8.40. The lowest BCUT2D eigenvalue weighted by atomic mass is 10.2. The predicted molar refractivity (Wildman–Crippen MR) is 80.7 cm³/mol. The fraction of sp³-hybridized carbons (Fsp3) is 0.455. The number of halogens is 1. The van der Waals surface area contributed by atoms with Crippen molar-refractivity contribution in [3.8, 4) is 0 Å². The van der Waals surface area contributed by atoms with Gasteiger partial charge in [0.25, 0.3) is 0 Å². The lowest BCUT2D eigenvalue weighted by molar-refractivity contribution is 0.564. The van der Waals surface area contributed by atoms with Crippen LogP contribution < -0.4 is 15.6 Å². The minimum absolute atomic E-state index is 0.124. The van der Waals surface area contributed by atoms with Gasteiger partial charge in [-0.25, -0.2) is 8.42 Å². The molecule has 0 aliphatic carbocycles. The SMILES string of the molecule is CC1NNC(C)C1S(=O)(=O)Nc1ccc(I)cc1. The molecule has 100 valence electrons. The largest absolute Gasteiger partial charge is 0.283 e. The summed E-state index contributed by atoms with van der Waals surface area (Å²) in [5.41, 5.74) is 6.50. The quantitative estimate of drug-likeness (QED) is 0.691. The first-order valence-electron chi connectivity index (χ1n) is 5.68. The van der Waals surface area contributed by atoms with E-state index in [1.807, 2.05) is 26.0 Å². The van der Waals surface area contributed by atoms with Crippen LogP contribution in [0.15, 0.2) is 24.3 Å². The second kappa shape index (κ2) is 5.32. The zero-order valence-corrected chi connectivity index (χ0v) is 13.1. The molecule has 0 spiro atoms. The summed E-state index contributed by atoms with van der Waals surface area (Å²) in [7, 11) is -3.40. The average molecular weight is 381 g/mol. The van der Waals surface area contributed by atoms with Gasteiger partial charge in [-0.15, -0.1) is 0 Å². The summed E-state index contributed by atoms with van der Waals surface area (Å²) in [6.07, 6.45) is 0. The molecular weight excluding hydrogens is 365 g/mol. The molecule has 1 aromatic carbocycles. The highest BCUT2D eigenvalue weighted by Gasteiger charge is 2.40. The molecule has 1 aliphatic rings. The van der Waals surface area contributed by atoms with E-state index in [4.69, 9.17) is 0 Å². The van der Waals surface area contributed by atoms with E-state index in [-0.39, 0.29) is 12.1 Å². The van der Waals surface area contributed by atoms with Crippen molar-refractivity contribution in [3.05, 3.63) is 27.8 Å². The Labute approximate surface area is 121 Å². The molecule has 0 aromatic heterocycles. The Bertz CT molecular complexity index is 508. The molecule has 5 nitrogen and oxygen atoms in total. The summed E-state index contributed by atoms with van der Waals surface area (Å²) < 4.78 is 28.3. The monoisotopic (exact) mass is 381 g/mol. The molecule has 0 saturated carbocycles. The topological polar surface area (TPSA) is 70.2 Å². The Morgan fingerprint density at radius 3 is 2.11 bits per heavy atom. The fourth-order valence-corrected chi connectivity index (χ4v) is 4.32. The predicted octanol–water partition coefficient (Wildman–Crippen LogP) is 1.29. The Hall–Kier alpha value is -0.380. The standard InChI is InChI=1S/C11H16IN3O2S/c1-7-11(8(2)14-13-7)18(16,17)15-10-5-3-9(12)4-6-10/h3-8,11,13-15H,1-2H3. The van der Waals surface area contributed by atoms with Crippen molar-refractivity contribution in [1.82, 2.24) is 10.9 Å². The Morgan fingerprint density at radius 2 is 1.61 bits per heavy atom. The van der Waals surface area contributed by atoms with Crippen LogP contribution in [0.4, 0.5) is 5.69 Å². The number of rotatable bonds is 3. The number of hydrogen-bond donors (Lipinski definition) is 3. The Balaban J connectivity index is 2.19. The van der Waals surface area contributed by atoms with Crippen molar-refractivity contribution >= 4 is 38.3 Å². The van der Waals surface area contributed by atoms with E-state index >= 15 is 0 Å². The zero-order chi connectivity index (χ0) is 13.3. The van der Waals surface area contributed by atoms with E-state index in [2.05, 4.69) is 38.2 Å².